The van der Waals surface area contributed by atoms with Crippen LogP contribution in [0, 0.1) is 6.92 Å². The molecule has 0 unspecified atom stereocenters. The number of anilines is 1. The van der Waals surface area contributed by atoms with E-state index in [-0.39, 0.29) is 17.1 Å². The fraction of sp³-hybridized carbons (Fsp3) is 0.240. The Balaban J connectivity index is 1.57. The van der Waals surface area contributed by atoms with Gasteiger partial charge in [-0.25, -0.2) is 9.97 Å². The monoisotopic (exact) mass is 468 g/mol. The normalized spacial score (nSPS) is 12.1. The van der Waals surface area contributed by atoms with E-state index < -0.39 is 6.36 Å². The molecule has 9 heteroatoms. The van der Waals surface area contributed by atoms with Crippen LogP contribution in [-0.2, 0) is 5.41 Å². The zero-order valence-electron chi connectivity index (χ0n) is 19.1. The molecular formula is C25H23F3N4O2. The van der Waals surface area contributed by atoms with Gasteiger partial charge in [0.15, 0.2) is 0 Å². The van der Waals surface area contributed by atoms with Crippen molar-refractivity contribution in [3.05, 3.63) is 77.9 Å². The molecule has 0 aliphatic heterocycles. The molecule has 0 aliphatic carbocycles. The highest BCUT2D eigenvalue weighted by Gasteiger charge is 2.31. The van der Waals surface area contributed by atoms with Crippen molar-refractivity contribution >= 4 is 17.4 Å². The van der Waals surface area contributed by atoms with E-state index in [1.54, 1.807) is 41.9 Å². The first kappa shape index (κ1) is 23.3. The first-order chi connectivity index (χ1) is 15.9. The predicted octanol–water partition coefficient (Wildman–Crippen LogP) is 6.15. The molecule has 0 aliphatic rings. The van der Waals surface area contributed by atoms with E-state index in [0.717, 1.165) is 11.3 Å². The second kappa shape index (κ2) is 8.48. The number of nitrogens with one attached hydrogen (secondary N) is 1. The number of imidazole rings is 1. The van der Waals surface area contributed by atoms with Crippen LogP contribution in [0.5, 0.6) is 5.75 Å². The fourth-order valence-corrected chi connectivity index (χ4v) is 3.54. The molecule has 0 fully saturated rings. The van der Waals surface area contributed by atoms with E-state index in [1.807, 2.05) is 6.20 Å². The van der Waals surface area contributed by atoms with Gasteiger partial charge >= 0.3 is 6.36 Å². The summed E-state index contributed by atoms with van der Waals surface area (Å²) in [5, 5.41) is 2.86. The van der Waals surface area contributed by atoms with Crippen molar-refractivity contribution in [2.75, 3.05) is 5.32 Å². The number of aromatic nitrogens is 3. The molecule has 2 heterocycles. The number of halogens is 3. The van der Waals surface area contributed by atoms with E-state index in [4.69, 9.17) is 0 Å². The summed E-state index contributed by atoms with van der Waals surface area (Å²) >= 11 is 0. The largest absolute Gasteiger partial charge is 0.573 e. The maximum absolute atomic E-state index is 13.0. The van der Waals surface area contributed by atoms with Crippen LogP contribution in [0.4, 0.5) is 18.9 Å². The Hall–Kier alpha value is -3.88. The average molecular weight is 468 g/mol. The number of hydrogen-bond acceptors (Lipinski definition) is 4. The van der Waals surface area contributed by atoms with Crippen molar-refractivity contribution in [3.8, 4) is 16.9 Å². The standard InChI is InChI=1S/C25H23F3N4O2/c1-15-19(16-8-10-18(11-9-16)34-25(26,27)28)6-5-7-20(15)22(33)30-17-12-29-23-31-21(24(2,3)4)14-32(23)13-17/h5-14H,1-4H3,(H,30,33). The first-order valence-corrected chi connectivity index (χ1v) is 10.5. The lowest BCUT2D eigenvalue weighted by molar-refractivity contribution is -0.274. The van der Waals surface area contributed by atoms with E-state index in [9.17, 15) is 18.0 Å². The molecule has 176 valence electrons. The lowest BCUT2D eigenvalue weighted by Gasteiger charge is -2.13. The Morgan fingerprint density at radius 1 is 1.03 bits per heavy atom. The summed E-state index contributed by atoms with van der Waals surface area (Å²) in [5.74, 6) is -0.0902. The Morgan fingerprint density at radius 3 is 2.38 bits per heavy atom. The van der Waals surface area contributed by atoms with Crippen LogP contribution >= 0.6 is 0 Å². The summed E-state index contributed by atoms with van der Waals surface area (Å²) in [6, 6.07) is 10.8. The van der Waals surface area contributed by atoms with Gasteiger partial charge in [-0.1, -0.05) is 45.0 Å². The summed E-state index contributed by atoms with van der Waals surface area (Å²) in [6.45, 7) is 7.97. The van der Waals surface area contributed by atoms with Gasteiger partial charge in [0, 0.05) is 23.4 Å². The Bertz CT molecular complexity index is 1350. The molecule has 0 saturated carbocycles. The van der Waals surface area contributed by atoms with Gasteiger partial charge in [-0.15, -0.1) is 13.2 Å². The van der Waals surface area contributed by atoms with Gasteiger partial charge in [-0.3, -0.25) is 9.20 Å². The number of fused-ring (bicyclic) bond motifs is 1. The second-order valence-corrected chi connectivity index (χ2v) is 8.93. The summed E-state index contributed by atoms with van der Waals surface area (Å²) in [7, 11) is 0. The summed E-state index contributed by atoms with van der Waals surface area (Å²) < 4.78 is 42.9. The van der Waals surface area contributed by atoms with E-state index in [0.29, 0.717) is 28.2 Å². The third-order valence-electron chi connectivity index (χ3n) is 5.31. The quantitative estimate of drug-likeness (QED) is 0.390. The molecule has 1 N–H and O–H groups in total. The Morgan fingerprint density at radius 2 is 1.74 bits per heavy atom. The molecule has 0 bridgehead atoms. The number of amides is 1. The lowest BCUT2D eigenvalue weighted by atomic mass is 9.93. The summed E-state index contributed by atoms with van der Waals surface area (Å²) in [5.41, 5.74) is 3.78. The van der Waals surface area contributed by atoms with E-state index in [2.05, 4.69) is 40.8 Å². The molecule has 34 heavy (non-hydrogen) atoms. The molecule has 6 nitrogen and oxygen atoms in total. The number of benzene rings is 2. The minimum Gasteiger partial charge on any atom is -0.406 e. The molecule has 4 rings (SSSR count). The highest BCUT2D eigenvalue weighted by atomic mass is 19.4. The van der Waals surface area contributed by atoms with Crippen LogP contribution in [0.2, 0.25) is 0 Å². The number of carbonyl (C=O) groups excluding carboxylic acids is 1. The maximum Gasteiger partial charge on any atom is 0.573 e. The zero-order valence-corrected chi connectivity index (χ0v) is 19.1. The minimum absolute atomic E-state index is 0.133. The Labute approximate surface area is 194 Å². The smallest absolute Gasteiger partial charge is 0.406 e. The highest BCUT2D eigenvalue weighted by Crippen LogP contribution is 2.30. The van der Waals surface area contributed by atoms with Gasteiger partial charge in [0.05, 0.1) is 17.6 Å². The second-order valence-electron chi connectivity index (χ2n) is 8.93. The van der Waals surface area contributed by atoms with Crippen molar-refractivity contribution in [2.45, 2.75) is 39.5 Å². The Kier molecular flexibility index (Phi) is 5.80. The highest BCUT2D eigenvalue weighted by molar-refractivity contribution is 6.06. The van der Waals surface area contributed by atoms with Crippen LogP contribution in [0.15, 0.2) is 61.1 Å². The number of nitrogens with zero attached hydrogens (tertiary/aromatic N) is 3. The molecule has 2 aromatic heterocycles. The molecule has 0 spiro atoms. The van der Waals surface area contributed by atoms with E-state index >= 15 is 0 Å². The molecular weight excluding hydrogens is 445 g/mol. The first-order valence-electron chi connectivity index (χ1n) is 10.5. The third-order valence-corrected chi connectivity index (χ3v) is 5.31. The van der Waals surface area contributed by atoms with Gasteiger partial charge in [0.1, 0.15) is 5.75 Å². The van der Waals surface area contributed by atoms with Crippen LogP contribution in [0.25, 0.3) is 16.9 Å². The molecule has 1 amide bonds. The average Bonchev–Trinajstić information content (AvgIpc) is 3.17. The van der Waals surface area contributed by atoms with Crippen molar-refractivity contribution in [3.63, 3.8) is 0 Å². The molecule has 4 aromatic rings. The van der Waals surface area contributed by atoms with Gasteiger partial charge < -0.3 is 10.1 Å². The number of hydrogen-bond donors (Lipinski definition) is 1. The number of ether oxygens (including phenoxy) is 1. The van der Waals surface area contributed by atoms with Crippen molar-refractivity contribution in [2.24, 2.45) is 0 Å². The van der Waals surface area contributed by atoms with Crippen LogP contribution in [-0.4, -0.2) is 26.6 Å². The van der Waals surface area contributed by atoms with Crippen LogP contribution in [0.3, 0.4) is 0 Å². The third kappa shape index (κ3) is 5.03. The molecule has 0 saturated heterocycles. The summed E-state index contributed by atoms with van der Waals surface area (Å²) in [4.78, 5) is 21.9. The molecule has 0 radical (unpaired) electrons. The van der Waals surface area contributed by atoms with Gasteiger partial charge in [-0.05, 0) is 41.8 Å². The van der Waals surface area contributed by atoms with Crippen LogP contribution in [0.1, 0.15) is 42.4 Å². The van der Waals surface area contributed by atoms with Gasteiger partial charge in [0.25, 0.3) is 5.91 Å². The van der Waals surface area contributed by atoms with Crippen molar-refractivity contribution < 1.29 is 22.7 Å². The number of rotatable bonds is 4. The van der Waals surface area contributed by atoms with Crippen molar-refractivity contribution in [1.29, 1.82) is 0 Å². The van der Waals surface area contributed by atoms with E-state index in [1.165, 1.54) is 24.3 Å². The van der Waals surface area contributed by atoms with Gasteiger partial charge in [0.2, 0.25) is 5.78 Å². The topological polar surface area (TPSA) is 68.5 Å². The lowest BCUT2D eigenvalue weighted by Crippen LogP contribution is -2.17. The zero-order chi connectivity index (χ0) is 24.7. The molecule has 0 atom stereocenters. The van der Waals surface area contributed by atoms with Crippen LogP contribution < -0.4 is 10.1 Å². The predicted molar refractivity (Wildman–Crippen MR) is 123 cm³/mol. The minimum atomic E-state index is -4.75. The SMILES string of the molecule is Cc1c(C(=O)Nc2cnc3nc(C(C)(C)C)cn3c2)cccc1-c1ccc(OC(F)(F)F)cc1. The number of alkyl halides is 3. The fourth-order valence-electron chi connectivity index (χ4n) is 3.54. The van der Waals surface area contributed by atoms with Gasteiger partial charge in [-0.2, -0.15) is 0 Å². The van der Waals surface area contributed by atoms with Crippen molar-refractivity contribution in [1.82, 2.24) is 14.4 Å². The number of carbonyl (C=O) groups is 1. The maximum atomic E-state index is 13.0. The summed E-state index contributed by atoms with van der Waals surface area (Å²) in [6.07, 6.45) is 0.431. The molecule has 2 aromatic carbocycles.